The predicted molar refractivity (Wildman–Crippen MR) is 74.1 cm³/mol. The molecule has 0 saturated heterocycles. The van der Waals surface area contributed by atoms with Gasteiger partial charge in [-0.2, -0.15) is 0 Å². The first-order valence-electron chi connectivity index (χ1n) is 5.66. The zero-order chi connectivity index (χ0) is 13.8. The summed E-state index contributed by atoms with van der Waals surface area (Å²) in [5, 5.41) is 0. The van der Waals surface area contributed by atoms with Gasteiger partial charge in [0, 0.05) is 19.7 Å². The molecule has 0 saturated carbocycles. The number of nitrogens with zero attached hydrogens (tertiary/aromatic N) is 2. The molecule has 5 heteroatoms. The summed E-state index contributed by atoms with van der Waals surface area (Å²) in [6, 6.07) is 6.71. The lowest BCUT2D eigenvalue weighted by Crippen LogP contribution is -2.31. The summed E-state index contributed by atoms with van der Waals surface area (Å²) in [5.74, 6) is 0.463. The number of aliphatic imine (C=N–C) groups is 1. The highest BCUT2D eigenvalue weighted by molar-refractivity contribution is 7.89. The number of sulfonamides is 1. The van der Waals surface area contributed by atoms with Crippen LogP contribution in [0.4, 0.5) is 0 Å². The van der Waals surface area contributed by atoms with Crippen molar-refractivity contribution in [1.29, 1.82) is 0 Å². The molecular weight excluding hydrogens is 248 g/mol. The van der Waals surface area contributed by atoms with Crippen molar-refractivity contribution >= 4 is 15.9 Å². The number of rotatable bonds is 4. The molecule has 0 radical (unpaired) electrons. The summed E-state index contributed by atoms with van der Waals surface area (Å²) >= 11 is 0. The van der Waals surface area contributed by atoms with E-state index < -0.39 is 10.0 Å². The zero-order valence-electron chi connectivity index (χ0n) is 10.9. The van der Waals surface area contributed by atoms with E-state index >= 15 is 0 Å². The lowest BCUT2D eigenvalue weighted by molar-refractivity contribution is 0.561. The molecule has 0 aliphatic heterocycles. The third-order valence-electron chi connectivity index (χ3n) is 2.57. The van der Waals surface area contributed by atoms with Crippen molar-refractivity contribution in [1.82, 2.24) is 4.31 Å². The van der Waals surface area contributed by atoms with E-state index in [0.29, 0.717) is 12.3 Å². The molecule has 0 heterocycles. The normalized spacial score (nSPS) is 12.3. The molecular formula is C13H18N2O2S. The lowest BCUT2D eigenvalue weighted by Gasteiger charge is -2.20. The van der Waals surface area contributed by atoms with E-state index in [1.54, 1.807) is 31.3 Å². The Morgan fingerprint density at radius 1 is 1.39 bits per heavy atom. The standard InChI is InChI=1S/C13H18N2O2S/c1-5-13(14-4)15(6-2)18(16,17)12-9-7-11(3)8-10-12/h6-10H,2,5H2,1,3-4H3/b14-13+. The van der Waals surface area contributed by atoms with Crippen LogP contribution < -0.4 is 0 Å². The second-order valence-corrected chi connectivity index (χ2v) is 5.60. The SMILES string of the molecule is C=CN(/C(CC)=N/C)S(=O)(=O)c1ccc(C)cc1. The number of hydrogen-bond acceptors (Lipinski definition) is 3. The lowest BCUT2D eigenvalue weighted by atomic mass is 10.2. The van der Waals surface area contributed by atoms with E-state index in [9.17, 15) is 8.42 Å². The summed E-state index contributed by atoms with van der Waals surface area (Å²) in [4.78, 5) is 4.22. The number of benzene rings is 1. The Labute approximate surface area is 109 Å². The predicted octanol–water partition coefficient (Wildman–Crippen LogP) is 2.57. The Morgan fingerprint density at radius 2 is 1.94 bits per heavy atom. The van der Waals surface area contributed by atoms with E-state index in [2.05, 4.69) is 11.6 Å². The third kappa shape index (κ3) is 2.79. The molecule has 0 unspecified atom stereocenters. The van der Waals surface area contributed by atoms with Crippen LogP contribution in [0.3, 0.4) is 0 Å². The molecule has 0 N–H and O–H groups in total. The summed E-state index contributed by atoms with van der Waals surface area (Å²) < 4.78 is 25.9. The van der Waals surface area contributed by atoms with Crippen molar-refractivity contribution in [2.45, 2.75) is 25.2 Å². The quantitative estimate of drug-likeness (QED) is 0.621. The Bertz CT molecular complexity index is 545. The molecule has 1 aromatic carbocycles. The first-order chi connectivity index (χ1) is 8.47. The molecule has 18 heavy (non-hydrogen) atoms. The second kappa shape index (κ2) is 5.82. The van der Waals surface area contributed by atoms with Gasteiger partial charge in [-0.25, -0.2) is 12.7 Å². The van der Waals surface area contributed by atoms with Crippen molar-refractivity contribution in [3.05, 3.63) is 42.6 Å². The smallest absolute Gasteiger partial charge is 0.269 e. The molecule has 0 amide bonds. The van der Waals surface area contributed by atoms with Gasteiger partial charge < -0.3 is 0 Å². The van der Waals surface area contributed by atoms with Crippen LogP contribution in [0.1, 0.15) is 18.9 Å². The van der Waals surface area contributed by atoms with Crippen LogP contribution in [-0.4, -0.2) is 25.6 Å². The highest BCUT2D eigenvalue weighted by atomic mass is 32.2. The van der Waals surface area contributed by atoms with Gasteiger partial charge in [0.05, 0.1) is 4.90 Å². The van der Waals surface area contributed by atoms with E-state index in [1.807, 2.05) is 13.8 Å². The monoisotopic (exact) mass is 266 g/mol. The van der Waals surface area contributed by atoms with Crippen LogP contribution >= 0.6 is 0 Å². The van der Waals surface area contributed by atoms with Crippen LogP contribution in [0.5, 0.6) is 0 Å². The third-order valence-corrected chi connectivity index (χ3v) is 4.32. The number of aryl methyl sites for hydroxylation is 1. The summed E-state index contributed by atoms with van der Waals surface area (Å²) in [5.41, 5.74) is 1.01. The van der Waals surface area contributed by atoms with Crippen molar-refractivity contribution in [2.24, 2.45) is 4.99 Å². The van der Waals surface area contributed by atoms with Crippen LogP contribution in [0.15, 0.2) is 46.9 Å². The van der Waals surface area contributed by atoms with Gasteiger partial charge in [-0.15, -0.1) is 0 Å². The molecule has 1 aromatic rings. The van der Waals surface area contributed by atoms with Gasteiger partial charge in [-0.1, -0.05) is 31.2 Å². The fraction of sp³-hybridized carbons (Fsp3) is 0.308. The van der Waals surface area contributed by atoms with Gasteiger partial charge >= 0.3 is 0 Å². The van der Waals surface area contributed by atoms with Gasteiger partial charge in [0.15, 0.2) is 0 Å². The Balaban J connectivity index is 3.27. The average Bonchev–Trinajstić information content (AvgIpc) is 2.35. The molecule has 0 aliphatic carbocycles. The van der Waals surface area contributed by atoms with Crippen molar-refractivity contribution < 1.29 is 8.42 Å². The largest absolute Gasteiger partial charge is 0.275 e. The molecule has 98 valence electrons. The minimum Gasteiger partial charge on any atom is -0.275 e. The van der Waals surface area contributed by atoms with Gasteiger partial charge in [-0.05, 0) is 19.1 Å². The minimum absolute atomic E-state index is 0.239. The fourth-order valence-electron chi connectivity index (χ4n) is 1.58. The Kier molecular flexibility index (Phi) is 4.67. The fourth-order valence-corrected chi connectivity index (χ4v) is 2.97. The Morgan fingerprint density at radius 3 is 2.33 bits per heavy atom. The summed E-state index contributed by atoms with van der Waals surface area (Å²) in [7, 11) is -2.04. The molecule has 1 rings (SSSR count). The van der Waals surface area contributed by atoms with Gasteiger partial charge in [0.25, 0.3) is 10.0 Å². The molecule has 4 nitrogen and oxygen atoms in total. The van der Waals surface area contributed by atoms with Crippen molar-refractivity contribution in [2.75, 3.05) is 7.05 Å². The molecule has 0 aliphatic rings. The van der Waals surface area contributed by atoms with Crippen molar-refractivity contribution in [3.63, 3.8) is 0 Å². The maximum absolute atomic E-state index is 12.4. The Hall–Kier alpha value is -1.62. The van der Waals surface area contributed by atoms with Crippen LogP contribution in [0, 0.1) is 6.92 Å². The van der Waals surface area contributed by atoms with E-state index in [4.69, 9.17) is 0 Å². The molecule has 0 fully saturated rings. The van der Waals surface area contributed by atoms with E-state index in [-0.39, 0.29) is 4.90 Å². The van der Waals surface area contributed by atoms with Gasteiger partial charge in [0.1, 0.15) is 5.84 Å². The van der Waals surface area contributed by atoms with Crippen molar-refractivity contribution in [3.8, 4) is 0 Å². The molecule has 0 spiro atoms. The maximum atomic E-state index is 12.4. The second-order valence-electron chi connectivity index (χ2n) is 3.79. The van der Waals surface area contributed by atoms with Crippen LogP contribution in [0.25, 0.3) is 0 Å². The number of amidine groups is 1. The average molecular weight is 266 g/mol. The molecule has 0 bridgehead atoms. The minimum atomic E-state index is -3.61. The molecule has 0 atom stereocenters. The summed E-state index contributed by atoms with van der Waals surface area (Å²) in [6.07, 6.45) is 1.80. The van der Waals surface area contributed by atoms with Crippen LogP contribution in [0.2, 0.25) is 0 Å². The highest BCUT2D eigenvalue weighted by Crippen LogP contribution is 2.18. The first-order valence-corrected chi connectivity index (χ1v) is 7.10. The zero-order valence-corrected chi connectivity index (χ0v) is 11.7. The highest BCUT2D eigenvalue weighted by Gasteiger charge is 2.24. The van der Waals surface area contributed by atoms with E-state index in [1.165, 1.54) is 6.20 Å². The maximum Gasteiger partial charge on any atom is 0.269 e. The van der Waals surface area contributed by atoms with Crippen LogP contribution in [-0.2, 0) is 10.0 Å². The van der Waals surface area contributed by atoms with E-state index in [0.717, 1.165) is 9.87 Å². The number of hydrogen-bond donors (Lipinski definition) is 0. The topological polar surface area (TPSA) is 49.7 Å². The summed E-state index contributed by atoms with van der Waals surface area (Å²) in [6.45, 7) is 7.31. The van der Waals surface area contributed by atoms with Gasteiger partial charge in [-0.3, -0.25) is 4.99 Å². The molecule has 0 aromatic heterocycles. The first kappa shape index (κ1) is 14.4. The van der Waals surface area contributed by atoms with Gasteiger partial charge in [0.2, 0.25) is 0 Å².